The van der Waals surface area contributed by atoms with Gasteiger partial charge in [-0.3, -0.25) is 13.9 Å². The van der Waals surface area contributed by atoms with Crippen LogP contribution in [-0.4, -0.2) is 50.5 Å². The molecule has 2 aromatic carbocycles. The molecule has 2 amide bonds. The monoisotopic (exact) mass is 487 g/mol. The van der Waals surface area contributed by atoms with Crippen LogP contribution in [0.25, 0.3) is 0 Å². The van der Waals surface area contributed by atoms with Crippen LogP contribution in [0.5, 0.6) is 0 Å². The van der Waals surface area contributed by atoms with Crippen LogP contribution in [0, 0.1) is 20.8 Å². The molecule has 0 saturated carbocycles. The molecule has 0 aliphatic rings. The molecule has 0 aliphatic heterocycles. The van der Waals surface area contributed by atoms with Crippen molar-refractivity contribution in [2.24, 2.45) is 0 Å². The number of carbonyl (C=O) groups is 2. The predicted octanol–water partition coefficient (Wildman–Crippen LogP) is 3.71. The van der Waals surface area contributed by atoms with Gasteiger partial charge < -0.3 is 10.2 Å². The summed E-state index contributed by atoms with van der Waals surface area (Å²) in [6.07, 6.45) is 2.88. The van der Waals surface area contributed by atoms with Crippen molar-refractivity contribution in [3.05, 3.63) is 64.7 Å². The second-order valence-electron chi connectivity index (χ2n) is 8.82. The van der Waals surface area contributed by atoms with Crippen molar-refractivity contribution in [3.8, 4) is 0 Å². The number of nitrogens with one attached hydrogen (secondary N) is 1. The number of amides is 2. The minimum atomic E-state index is -3.74. The van der Waals surface area contributed by atoms with E-state index in [9.17, 15) is 18.0 Å². The Kier molecular flexibility index (Phi) is 9.67. The van der Waals surface area contributed by atoms with Crippen LogP contribution in [-0.2, 0) is 26.2 Å². The summed E-state index contributed by atoms with van der Waals surface area (Å²) in [7, 11) is -3.74. The van der Waals surface area contributed by atoms with Crippen molar-refractivity contribution in [1.29, 1.82) is 0 Å². The molecule has 1 atom stereocenters. The van der Waals surface area contributed by atoms with Crippen molar-refractivity contribution >= 4 is 27.5 Å². The van der Waals surface area contributed by atoms with E-state index in [1.165, 1.54) is 4.90 Å². The number of hydrogen-bond acceptors (Lipinski definition) is 4. The first-order valence-electron chi connectivity index (χ1n) is 11.6. The fourth-order valence-corrected chi connectivity index (χ4v) is 4.63. The summed E-state index contributed by atoms with van der Waals surface area (Å²) in [5, 5.41) is 2.88. The van der Waals surface area contributed by atoms with E-state index in [2.05, 4.69) is 5.32 Å². The Hall–Kier alpha value is -2.87. The fourth-order valence-electron chi connectivity index (χ4n) is 3.73. The average molecular weight is 488 g/mol. The first kappa shape index (κ1) is 27.4. The maximum atomic E-state index is 13.6. The molecule has 0 unspecified atom stereocenters. The third kappa shape index (κ3) is 7.32. The van der Waals surface area contributed by atoms with Gasteiger partial charge in [-0.15, -0.1) is 0 Å². The lowest BCUT2D eigenvalue weighted by Gasteiger charge is -2.32. The molecule has 8 heteroatoms. The molecule has 0 radical (unpaired) electrons. The van der Waals surface area contributed by atoms with E-state index < -0.39 is 22.0 Å². The first-order chi connectivity index (χ1) is 16.0. The molecule has 1 N–H and O–H groups in total. The van der Waals surface area contributed by atoms with Gasteiger partial charge in [0, 0.05) is 13.1 Å². The number of carbonyl (C=O) groups excluding carboxylic acids is 2. The van der Waals surface area contributed by atoms with Crippen LogP contribution >= 0.6 is 0 Å². The molecule has 0 spiro atoms. The number of hydrogen-bond donors (Lipinski definition) is 1. The van der Waals surface area contributed by atoms with Gasteiger partial charge in [0.1, 0.15) is 12.6 Å². The molecule has 2 aromatic rings. The zero-order valence-electron chi connectivity index (χ0n) is 21.1. The van der Waals surface area contributed by atoms with Crippen LogP contribution < -0.4 is 9.62 Å². The highest BCUT2D eigenvalue weighted by molar-refractivity contribution is 7.92. The number of rotatable bonds is 11. The van der Waals surface area contributed by atoms with Crippen LogP contribution in [0.1, 0.15) is 48.9 Å². The number of aryl methyl sites for hydroxylation is 2. The number of anilines is 1. The summed E-state index contributed by atoms with van der Waals surface area (Å²) in [4.78, 5) is 27.9. The highest BCUT2D eigenvalue weighted by Gasteiger charge is 2.30. The van der Waals surface area contributed by atoms with Crippen LogP contribution in [0.4, 0.5) is 5.69 Å². The van der Waals surface area contributed by atoms with Gasteiger partial charge in [0.05, 0.1) is 11.9 Å². The molecule has 2 rings (SSSR count). The first-order valence-corrected chi connectivity index (χ1v) is 13.5. The Bertz CT molecular complexity index is 1110. The summed E-state index contributed by atoms with van der Waals surface area (Å²) in [5.74, 6) is -0.696. The maximum absolute atomic E-state index is 13.6. The SMILES string of the molecule is CCCCNC(=O)[C@H](C)N(Cc1cccc(C)c1)C(=O)CN(c1cccc(C)c1C)S(C)(=O)=O. The molecule has 0 fully saturated rings. The van der Waals surface area contributed by atoms with Crippen molar-refractivity contribution < 1.29 is 18.0 Å². The minimum absolute atomic E-state index is 0.202. The lowest BCUT2D eigenvalue weighted by Crippen LogP contribution is -2.51. The van der Waals surface area contributed by atoms with E-state index in [0.29, 0.717) is 12.2 Å². The Morgan fingerprint density at radius 3 is 2.35 bits per heavy atom. The summed E-state index contributed by atoms with van der Waals surface area (Å²) < 4.78 is 26.5. The van der Waals surface area contributed by atoms with Gasteiger partial charge in [-0.2, -0.15) is 0 Å². The Morgan fingerprint density at radius 1 is 1.06 bits per heavy atom. The lowest BCUT2D eigenvalue weighted by atomic mass is 10.1. The molecule has 7 nitrogen and oxygen atoms in total. The van der Waals surface area contributed by atoms with E-state index in [0.717, 1.165) is 45.7 Å². The van der Waals surface area contributed by atoms with Gasteiger partial charge >= 0.3 is 0 Å². The number of sulfonamides is 1. The zero-order chi connectivity index (χ0) is 25.5. The summed E-state index contributed by atoms with van der Waals surface area (Å²) in [6, 6.07) is 12.3. The summed E-state index contributed by atoms with van der Waals surface area (Å²) in [6.45, 7) is 9.75. The van der Waals surface area contributed by atoms with Crippen molar-refractivity contribution in [1.82, 2.24) is 10.2 Å². The number of unbranched alkanes of at least 4 members (excludes halogenated alkanes) is 1. The highest BCUT2D eigenvalue weighted by Crippen LogP contribution is 2.25. The summed E-state index contributed by atoms with van der Waals surface area (Å²) >= 11 is 0. The van der Waals surface area contributed by atoms with E-state index >= 15 is 0 Å². The average Bonchev–Trinajstić information content (AvgIpc) is 2.76. The normalized spacial score (nSPS) is 12.2. The van der Waals surface area contributed by atoms with E-state index in [4.69, 9.17) is 0 Å². The maximum Gasteiger partial charge on any atom is 0.244 e. The smallest absolute Gasteiger partial charge is 0.244 e. The molecular formula is C26H37N3O4S. The van der Waals surface area contributed by atoms with Gasteiger partial charge in [0.25, 0.3) is 0 Å². The molecular weight excluding hydrogens is 450 g/mol. The third-order valence-electron chi connectivity index (χ3n) is 5.96. The molecule has 0 heterocycles. The molecule has 0 saturated heterocycles. The Labute approximate surface area is 204 Å². The van der Waals surface area contributed by atoms with Crippen LogP contribution in [0.15, 0.2) is 42.5 Å². The van der Waals surface area contributed by atoms with E-state index in [-0.39, 0.29) is 19.0 Å². The van der Waals surface area contributed by atoms with Crippen molar-refractivity contribution in [3.63, 3.8) is 0 Å². The predicted molar refractivity (Wildman–Crippen MR) is 137 cm³/mol. The van der Waals surface area contributed by atoms with Gasteiger partial charge in [-0.05, 0) is 56.9 Å². The molecule has 34 heavy (non-hydrogen) atoms. The Balaban J connectivity index is 2.39. The quantitative estimate of drug-likeness (QED) is 0.490. The second-order valence-corrected chi connectivity index (χ2v) is 10.7. The standard InChI is InChI=1S/C26H37N3O4S/c1-7-8-15-27-26(31)22(5)28(17-23-13-9-11-19(2)16-23)25(30)18-29(34(6,32)33)24-14-10-12-20(3)21(24)4/h9-14,16,22H,7-8,15,17-18H2,1-6H3,(H,27,31)/t22-/m0/s1. The number of nitrogens with zero attached hydrogens (tertiary/aromatic N) is 2. The zero-order valence-corrected chi connectivity index (χ0v) is 21.9. The lowest BCUT2D eigenvalue weighted by molar-refractivity contribution is -0.139. The van der Waals surface area contributed by atoms with Crippen molar-refractivity contribution in [2.75, 3.05) is 23.7 Å². The van der Waals surface area contributed by atoms with Gasteiger partial charge in [0.2, 0.25) is 21.8 Å². The van der Waals surface area contributed by atoms with Crippen LogP contribution in [0.2, 0.25) is 0 Å². The van der Waals surface area contributed by atoms with E-state index in [1.54, 1.807) is 19.1 Å². The largest absolute Gasteiger partial charge is 0.354 e. The Morgan fingerprint density at radius 2 is 1.74 bits per heavy atom. The fraction of sp³-hybridized carbons (Fsp3) is 0.462. The minimum Gasteiger partial charge on any atom is -0.354 e. The van der Waals surface area contributed by atoms with Crippen molar-refractivity contribution in [2.45, 2.75) is 60.0 Å². The van der Waals surface area contributed by atoms with Gasteiger partial charge in [0.15, 0.2) is 0 Å². The van der Waals surface area contributed by atoms with Gasteiger partial charge in [-0.25, -0.2) is 8.42 Å². The number of benzene rings is 2. The topological polar surface area (TPSA) is 86.8 Å². The van der Waals surface area contributed by atoms with Crippen LogP contribution in [0.3, 0.4) is 0 Å². The molecule has 0 aromatic heterocycles. The van der Waals surface area contributed by atoms with Gasteiger partial charge in [-0.1, -0.05) is 55.3 Å². The third-order valence-corrected chi connectivity index (χ3v) is 7.08. The molecule has 186 valence electrons. The second kappa shape index (κ2) is 12.0. The highest BCUT2D eigenvalue weighted by atomic mass is 32.2. The molecule has 0 bridgehead atoms. The van der Waals surface area contributed by atoms with E-state index in [1.807, 2.05) is 58.0 Å². The molecule has 0 aliphatic carbocycles. The summed E-state index contributed by atoms with van der Waals surface area (Å²) in [5.41, 5.74) is 4.10.